The van der Waals surface area contributed by atoms with Crippen LogP contribution in [0.2, 0.25) is 0 Å². The Morgan fingerprint density at radius 2 is 2.22 bits per heavy atom. The van der Waals surface area contributed by atoms with Crippen LogP contribution in [0, 0.1) is 5.92 Å². The van der Waals surface area contributed by atoms with E-state index in [4.69, 9.17) is 14.4 Å². The molecule has 0 saturated heterocycles. The van der Waals surface area contributed by atoms with Gasteiger partial charge in [-0.1, -0.05) is 12.1 Å². The number of carbonyl (C=O) groups is 1. The Morgan fingerprint density at radius 3 is 2.78 bits per heavy atom. The second-order valence-corrected chi connectivity index (χ2v) is 4.86. The van der Waals surface area contributed by atoms with Crippen molar-refractivity contribution < 1.29 is 19.2 Å². The number of rotatable bonds is 7. The van der Waals surface area contributed by atoms with Crippen LogP contribution in [0.15, 0.2) is 4.52 Å². The first kappa shape index (κ1) is 14.6. The van der Waals surface area contributed by atoms with Gasteiger partial charge in [-0.2, -0.15) is 4.98 Å². The van der Waals surface area contributed by atoms with E-state index in [9.17, 15) is 4.79 Å². The zero-order valence-corrected chi connectivity index (χ0v) is 11.3. The van der Waals surface area contributed by atoms with Crippen molar-refractivity contribution in [3.63, 3.8) is 0 Å². The molecule has 0 aliphatic heterocycles. The minimum absolute atomic E-state index is 0.0361. The molecule has 0 bridgehead atoms. The van der Waals surface area contributed by atoms with Crippen LogP contribution in [0.25, 0.3) is 0 Å². The van der Waals surface area contributed by atoms with E-state index in [1.54, 1.807) is 0 Å². The zero-order valence-electron chi connectivity index (χ0n) is 11.3. The molecule has 0 amide bonds. The van der Waals surface area contributed by atoms with E-state index in [0.717, 1.165) is 0 Å². The van der Waals surface area contributed by atoms with Crippen molar-refractivity contribution in [1.29, 1.82) is 0 Å². The van der Waals surface area contributed by atoms with Gasteiger partial charge in [0.1, 0.15) is 5.60 Å². The molecule has 1 unspecified atom stereocenters. The minimum Gasteiger partial charge on any atom is -0.481 e. The van der Waals surface area contributed by atoms with Crippen LogP contribution in [0.5, 0.6) is 0 Å². The van der Waals surface area contributed by atoms with Crippen molar-refractivity contribution in [1.82, 2.24) is 10.1 Å². The molecule has 1 rings (SSSR count). The SMILES string of the molecule is CCOC(C)(C)c1noc(CC(C)CC(=O)O)n1. The van der Waals surface area contributed by atoms with Gasteiger partial charge in [0.05, 0.1) is 0 Å². The molecule has 0 aliphatic rings. The third-order valence-electron chi connectivity index (χ3n) is 2.56. The summed E-state index contributed by atoms with van der Waals surface area (Å²) in [5, 5.41) is 12.6. The molecule has 6 nitrogen and oxygen atoms in total. The highest BCUT2D eigenvalue weighted by atomic mass is 16.5. The van der Waals surface area contributed by atoms with Gasteiger partial charge in [-0.15, -0.1) is 0 Å². The molecular weight excluding hydrogens is 236 g/mol. The standard InChI is InChI=1S/C12H20N2O4/c1-5-17-12(3,4)11-13-9(18-14-11)6-8(2)7-10(15)16/h8H,5-7H2,1-4H3,(H,15,16). The van der Waals surface area contributed by atoms with Crippen molar-refractivity contribution in [3.8, 4) is 0 Å². The predicted molar refractivity (Wildman–Crippen MR) is 64.1 cm³/mol. The van der Waals surface area contributed by atoms with Crippen molar-refractivity contribution in [2.45, 2.75) is 46.1 Å². The Morgan fingerprint density at radius 1 is 1.56 bits per heavy atom. The van der Waals surface area contributed by atoms with Crippen molar-refractivity contribution in [3.05, 3.63) is 11.7 Å². The maximum atomic E-state index is 10.6. The lowest BCUT2D eigenvalue weighted by Gasteiger charge is -2.19. The molecule has 0 radical (unpaired) electrons. The van der Waals surface area contributed by atoms with Gasteiger partial charge in [-0.05, 0) is 26.7 Å². The topological polar surface area (TPSA) is 85.5 Å². The van der Waals surface area contributed by atoms with E-state index in [-0.39, 0.29) is 12.3 Å². The van der Waals surface area contributed by atoms with Gasteiger partial charge < -0.3 is 14.4 Å². The van der Waals surface area contributed by atoms with Gasteiger partial charge in [0.15, 0.2) is 0 Å². The van der Waals surface area contributed by atoms with Crippen LogP contribution in [-0.4, -0.2) is 27.8 Å². The normalized spacial score (nSPS) is 13.6. The van der Waals surface area contributed by atoms with Crippen LogP contribution in [0.4, 0.5) is 0 Å². The Kier molecular flexibility index (Phi) is 4.84. The van der Waals surface area contributed by atoms with Gasteiger partial charge in [0, 0.05) is 19.4 Å². The smallest absolute Gasteiger partial charge is 0.303 e. The van der Waals surface area contributed by atoms with Crippen LogP contribution < -0.4 is 0 Å². The van der Waals surface area contributed by atoms with Gasteiger partial charge in [0.2, 0.25) is 11.7 Å². The molecular formula is C12H20N2O4. The van der Waals surface area contributed by atoms with Crippen molar-refractivity contribution >= 4 is 5.97 Å². The first-order valence-corrected chi connectivity index (χ1v) is 6.04. The number of aliphatic carboxylic acids is 1. The lowest BCUT2D eigenvalue weighted by Crippen LogP contribution is -2.23. The molecule has 1 aromatic rings. The quantitative estimate of drug-likeness (QED) is 0.803. The van der Waals surface area contributed by atoms with E-state index in [0.29, 0.717) is 24.7 Å². The number of hydrogen-bond acceptors (Lipinski definition) is 5. The van der Waals surface area contributed by atoms with Crippen molar-refractivity contribution in [2.75, 3.05) is 6.61 Å². The maximum absolute atomic E-state index is 10.6. The van der Waals surface area contributed by atoms with E-state index < -0.39 is 11.6 Å². The summed E-state index contributed by atoms with van der Waals surface area (Å²) in [5.41, 5.74) is -0.591. The average Bonchev–Trinajstić information content (AvgIpc) is 2.65. The zero-order chi connectivity index (χ0) is 13.8. The van der Waals surface area contributed by atoms with Crippen LogP contribution in [-0.2, 0) is 21.6 Å². The lowest BCUT2D eigenvalue weighted by molar-refractivity contribution is -0.137. The first-order valence-electron chi connectivity index (χ1n) is 6.04. The number of carboxylic acids is 1. The molecule has 18 heavy (non-hydrogen) atoms. The van der Waals surface area contributed by atoms with Gasteiger partial charge in [-0.25, -0.2) is 0 Å². The molecule has 0 fully saturated rings. The highest BCUT2D eigenvalue weighted by molar-refractivity contribution is 5.66. The van der Waals surface area contributed by atoms with Gasteiger partial charge in [-0.3, -0.25) is 4.79 Å². The molecule has 0 aliphatic carbocycles. The summed E-state index contributed by atoms with van der Waals surface area (Å²) in [7, 11) is 0. The number of nitrogens with zero attached hydrogens (tertiary/aromatic N) is 2. The third kappa shape index (κ3) is 4.10. The van der Waals surface area contributed by atoms with Crippen molar-refractivity contribution in [2.24, 2.45) is 5.92 Å². The Hall–Kier alpha value is -1.43. The molecule has 1 aromatic heterocycles. The highest BCUT2D eigenvalue weighted by Crippen LogP contribution is 2.22. The van der Waals surface area contributed by atoms with Crippen LogP contribution in [0.3, 0.4) is 0 Å². The predicted octanol–water partition coefficient (Wildman–Crippen LogP) is 1.99. The summed E-state index contributed by atoms with van der Waals surface area (Å²) in [6, 6.07) is 0. The first-order chi connectivity index (χ1) is 8.35. The van der Waals surface area contributed by atoms with E-state index in [2.05, 4.69) is 10.1 Å². The third-order valence-corrected chi connectivity index (χ3v) is 2.56. The summed E-state index contributed by atoms with van der Waals surface area (Å²) in [6.07, 6.45) is 0.550. The van der Waals surface area contributed by atoms with Gasteiger partial charge in [0.25, 0.3) is 0 Å². The summed E-state index contributed by atoms with van der Waals surface area (Å²) in [5.74, 6) is 0.0799. The second-order valence-electron chi connectivity index (χ2n) is 4.86. The maximum Gasteiger partial charge on any atom is 0.303 e. The largest absolute Gasteiger partial charge is 0.481 e. The Labute approximate surface area is 106 Å². The monoisotopic (exact) mass is 256 g/mol. The summed E-state index contributed by atoms with van der Waals surface area (Å²) in [6.45, 7) is 8.03. The number of hydrogen-bond donors (Lipinski definition) is 1. The minimum atomic E-state index is -0.822. The summed E-state index contributed by atoms with van der Waals surface area (Å²) in [4.78, 5) is 14.8. The lowest BCUT2D eigenvalue weighted by atomic mass is 10.0. The van der Waals surface area contributed by atoms with Crippen LogP contribution in [0.1, 0.15) is 45.8 Å². The molecule has 0 saturated carbocycles. The molecule has 102 valence electrons. The fourth-order valence-corrected chi connectivity index (χ4v) is 1.68. The molecule has 1 atom stereocenters. The van der Waals surface area contributed by atoms with Crippen LogP contribution >= 0.6 is 0 Å². The highest BCUT2D eigenvalue weighted by Gasteiger charge is 2.27. The Bertz CT molecular complexity index is 401. The van der Waals surface area contributed by atoms with E-state index >= 15 is 0 Å². The molecule has 1 heterocycles. The second kappa shape index (κ2) is 5.95. The fourth-order valence-electron chi connectivity index (χ4n) is 1.68. The fraction of sp³-hybridized carbons (Fsp3) is 0.750. The number of aromatic nitrogens is 2. The molecule has 0 aromatic carbocycles. The molecule has 1 N–H and O–H groups in total. The Balaban J connectivity index is 2.66. The number of ether oxygens (including phenoxy) is 1. The van der Waals surface area contributed by atoms with Gasteiger partial charge >= 0.3 is 5.97 Å². The summed E-state index contributed by atoms with van der Waals surface area (Å²) < 4.78 is 10.6. The average molecular weight is 256 g/mol. The molecule has 0 spiro atoms. The van der Waals surface area contributed by atoms with E-state index in [1.807, 2.05) is 27.7 Å². The van der Waals surface area contributed by atoms with E-state index in [1.165, 1.54) is 0 Å². The summed E-state index contributed by atoms with van der Waals surface area (Å²) >= 11 is 0. The number of carboxylic acid groups (broad SMARTS) is 1. The molecule has 6 heteroatoms.